The Labute approximate surface area is 136 Å². The molecule has 2 rings (SSSR count). The van der Waals surface area contributed by atoms with E-state index >= 15 is 0 Å². The third kappa shape index (κ3) is 3.85. The smallest absolute Gasteiger partial charge is 0.0332 e. The average molecular weight is 359 g/mol. The molecule has 1 unspecified atom stereocenters. The van der Waals surface area contributed by atoms with Crippen LogP contribution in [0.25, 0.3) is 0 Å². The van der Waals surface area contributed by atoms with E-state index in [0.717, 1.165) is 13.1 Å². The third-order valence-corrected chi connectivity index (χ3v) is 6.37. The largest absolute Gasteiger partial charge is 0.308 e. The number of halogens is 1. The van der Waals surface area contributed by atoms with Gasteiger partial charge >= 0.3 is 0 Å². The van der Waals surface area contributed by atoms with Gasteiger partial charge in [0.15, 0.2) is 0 Å². The average Bonchev–Trinajstić information content (AvgIpc) is 2.86. The molecule has 4 heteroatoms. The number of piperazine rings is 1. The summed E-state index contributed by atoms with van der Waals surface area (Å²) in [6, 6.07) is 2.96. The van der Waals surface area contributed by atoms with Gasteiger partial charge in [-0.25, -0.2) is 0 Å². The van der Waals surface area contributed by atoms with E-state index in [-0.39, 0.29) is 0 Å². The van der Waals surface area contributed by atoms with Crippen LogP contribution in [0.3, 0.4) is 0 Å². The Kier molecular flexibility index (Phi) is 6.09. The highest BCUT2D eigenvalue weighted by atomic mass is 79.9. The van der Waals surface area contributed by atoms with Crippen molar-refractivity contribution in [3.8, 4) is 0 Å². The van der Waals surface area contributed by atoms with Crippen LogP contribution in [-0.4, -0.2) is 29.6 Å². The van der Waals surface area contributed by atoms with Crippen LogP contribution in [0.2, 0.25) is 0 Å². The molecule has 0 saturated carbocycles. The van der Waals surface area contributed by atoms with Crippen molar-refractivity contribution in [1.82, 2.24) is 10.2 Å². The second-order valence-electron chi connectivity index (χ2n) is 5.95. The van der Waals surface area contributed by atoms with Gasteiger partial charge in [0.1, 0.15) is 0 Å². The molecule has 0 aromatic carbocycles. The molecule has 1 aromatic heterocycles. The first-order valence-corrected chi connectivity index (χ1v) is 9.51. The summed E-state index contributed by atoms with van der Waals surface area (Å²) < 4.78 is 1.22. The summed E-state index contributed by atoms with van der Waals surface area (Å²) in [5, 5.41) is 6.03. The molecule has 1 aliphatic heterocycles. The zero-order valence-electron chi connectivity index (χ0n) is 12.9. The molecule has 1 fully saturated rings. The maximum absolute atomic E-state index is 3.84. The van der Waals surface area contributed by atoms with Gasteiger partial charge in [0.2, 0.25) is 0 Å². The molecule has 2 heterocycles. The molecule has 1 atom stereocenters. The molecule has 1 saturated heterocycles. The summed E-state index contributed by atoms with van der Waals surface area (Å²) in [5.41, 5.74) is 0.318. The molecule has 0 aliphatic carbocycles. The fourth-order valence-electron chi connectivity index (χ4n) is 3.20. The van der Waals surface area contributed by atoms with Crippen LogP contribution in [-0.2, 0) is 6.54 Å². The van der Waals surface area contributed by atoms with Crippen molar-refractivity contribution in [3.63, 3.8) is 0 Å². The minimum absolute atomic E-state index is 0.318. The van der Waals surface area contributed by atoms with Crippen LogP contribution in [0.5, 0.6) is 0 Å². The second kappa shape index (κ2) is 7.39. The van der Waals surface area contributed by atoms with E-state index in [9.17, 15) is 0 Å². The quantitative estimate of drug-likeness (QED) is 0.796. The summed E-state index contributed by atoms with van der Waals surface area (Å²) in [5.74, 6) is 0. The van der Waals surface area contributed by atoms with E-state index in [1.54, 1.807) is 0 Å². The number of thiophene rings is 1. The minimum Gasteiger partial charge on any atom is -0.308 e. The van der Waals surface area contributed by atoms with Gasteiger partial charge in [-0.2, -0.15) is 0 Å². The van der Waals surface area contributed by atoms with Crippen molar-refractivity contribution in [2.45, 2.75) is 64.6 Å². The highest BCUT2D eigenvalue weighted by molar-refractivity contribution is 9.10. The minimum atomic E-state index is 0.318. The number of nitrogens with zero attached hydrogens (tertiary/aromatic N) is 1. The van der Waals surface area contributed by atoms with Crippen LogP contribution < -0.4 is 5.32 Å². The summed E-state index contributed by atoms with van der Waals surface area (Å²) in [6.45, 7) is 10.3. The van der Waals surface area contributed by atoms with Gasteiger partial charge in [0.05, 0.1) is 0 Å². The first kappa shape index (κ1) is 16.5. The van der Waals surface area contributed by atoms with E-state index < -0.39 is 0 Å². The SMILES string of the molecule is CCCC1CNC(CC)(CC)CN1Cc1cc(Br)cs1. The molecule has 114 valence electrons. The van der Waals surface area contributed by atoms with Crippen molar-refractivity contribution in [2.24, 2.45) is 0 Å². The van der Waals surface area contributed by atoms with E-state index in [2.05, 4.69) is 58.4 Å². The number of hydrogen-bond donors (Lipinski definition) is 1. The fraction of sp³-hybridized carbons (Fsp3) is 0.750. The Morgan fingerprint density at radius 1 is 1.40 bits per heavy atom. The summed E-state index contributed by atoms with van der Waals surface area (Å²) in [4.78, 5) is 4.19. The molecule has 0 amide bonds. The molecular weight excluding hydrogens is 332 g/mol. The Morgan fingerprint density at radius 2 is 2.15 bits per heavy atom. The lowest BCUT2D eigenvalue weighted by Gasteiger charge is -2.47. The van der Waals surface area contributed by atoms with Crippen molar-refractivity contribution >= 4 is 27.3 Å². The molecule has 0 spiro atoms. The lowest BCUT2D eigenvalue weighted by molar-refractivity contribution is 0.0624. The van der Waals surface area contributed by atoms with E-state index in [1.807, 2.05) is 11.3 Å². The van der Waals surface area contributed by atoms with Crippen LogP contribution in [0.4, 0.5) is 0 Å². The van der Waals surface area contributed by atoms with Gasteiger partial charge in [-0.05, 0) is 41.3 Å². The predicted molar refractivity (Wildman–Crippen MR) is 92.4 cm³/mol. The van der Waals surface area contributed by atoms with Crippen molar-refractivity contribution in [3.05, 3.63) is 20.8 Å². The monoisotopic (exact) mass is 358 g/mol. The van der Waals surface area contributed by atoms with E-state index in [1.165, 1.54) is 41.6 Å². The van der Waals surface area contributed by atoms with Gasteiger partial charge in [0.25, 0.3) is 0 Å². The van der Waals surface area contributed by atoms with Crippen molar-refractivity contribution in [2.75, 3.05) is 13.1 Å². The highest BCUT2D eigenvalue weighted by Gasteiger charge is 2.36. The van der Waals surface area contributed by atoms with Crippen LogP contribution in [0, 0.1) is 0 Å². The van der Waals surface area contributed by atoms with E-state index in [4.69, 9.17) is 0 Å². The number of hydrogen-bond acceptors (Lipinski definition) is 3. The molecule has 2 nitrogen and oxygen atoms in total. The maximum Gasteiger partial charge on any atom is 0.0332 e. The molecule has 0 bridgehead atoms. The standard InChI is InChI=1S/C16H27BrN2S/c1-4-7-14-9-18-16(5-2,6-3)12-19(14)10-15-8-13(17)11-20-15/h8,11,14,18H,4-7,9-10,12H2,1-3H3. The molecule has 1 aromatic rings. The van der Waals surface area contributed by atoms with Crippen LogP contribution in [0.1, 0.15) is 51.3 Å². The van der Waals surface area contributed by atoms with Crippen LogP contribution in [0.15, 0.2) is 15.9 Å². The zero-order chi connectivity index (χ0) is 14.6. The normalized spacial score (nSPS) is 23.1. The Balaban J connectivity index is 2.10. The molecule has 20 heavy (non-hydrogen) atoms. The second-order valence-corrected chi connectivity index (χ2v) is 7.86. The van der Waals surface area contributed by atoms with Crippen LogP contribution >= 0.6 is 27.3 Å². The fourth-order valence-corrected chi connectivity index (χ4v) is 4.68. The maximum atomic E-state index is 3.84. The molecule has 1 N–H and O–H groups in total. The lowest BCUT2D eigenvalue weighted by atomic mass is 9.87. The van der Waals surface area contributed by atoms with Gasteiger partial charge in [-0.3, -0.25) is 4.90 Å². The van der Waals surface area contributed by atoms with Crippen molar-refractivity contribution < 1.29 is 0 Å². The van der Waals surface area contributed by atoms with E-state index in [0.29, 0.717) is 11.6 Å². The molecular formula is C16H27BrN2S. The third-order valence-electron chi connectivity index (χ3n) is 4.69. The molecule has 1 aliphatic rings. The Morgan fingerprint density at radius 3 is 2.70 bits per heavy atom. The Hall–Kier alpha value is 0.1000. The highest BCUT2D eigenvalue weighted by Crippen LogP contribution is 2.28. The zero-order valence-corrected chi connectivity index (χ0v) is 15.3. The Bertz CT molecular complexity index is 414. The summed E-state index contributed by atoms with van der Waals surface area (Å²) in [6.07, 6.45) is 4.99. The summed E-state index contributed by atoms with van der Waals surface area (Å²) in [7, 11) is 0. The first-order chi connectivity index (χ1) is 9.62. The van der Waals surface area contributed by atoms with Crippen molar-refractivity contribution in [1.29, 1.82) is 0 Å². The van der Waals surface area contributed by atoms with Gasteiger partial charge in [0, 0.05) is 45.9 Å². The topological polar surface area (TPSA) is 15.3 Å². The predicted octanol–water partition coefficient (Wildman–Crippen LogP) is 4.64. The van der Waals surface area contributed by atoms with Gasteiger partial charge in [-0.15, -0.1) is 11.3 Å². The first-order valence-electron chi connectivity index (χ1n) is 7.84. The van der Waals surface area contributed by atoms with Gasteiger partial charge < -0.3 is 5.32 Å². The number of rotatable bonds is 6. The van der Waals surface area contributed by atoms with Gasteiger partial charge in [-0.1, -0.05) is 27.2 Å². The summed E-state index contributed by atoms with van der Waals surface area (Å²) >= 11 is 5.44. The number of nitrogens with one attached hydrogen (secondary N) is 1. The lowest BCUT2D eigenvalue weighted by Crippen LogP contribution is -2.63. The molecule has 0 radical (unpaired) electrons.